The quantitative estimate of drug-likeness (QED) is 0.552. The Morgan fingerprint density at radius 2 is 1.44 bits per heavy atom. The Hall–Kier alpha value is -1.47. The van der Waals surface area contributed by atoms with Crippen molar-refractivity contribution in [3.8, 4) is 0 Å². The zero-order valence-corrected chi connectivity index (χ0v) is 12.0. The lowest BCUT2D eigenvalue weighted by Gasteiger charge is -2.08. The average molecular weight is 254 g/mol. The highest BCUT2D eigenvalue weighted by molar-refractivity contribution is 7.88. The van der Waals surface area contributed by atoms with Crippen molar-refractivity contribution in [2.45, 2.75) is 20.8 Å². The predicted molar refractivity (Wildman–Crippen MR) is 86.2 cm³/mol. The molecule has 0 N–H and O–H groups in total. The van der Waals surface area contributed by atoms with Crippen molar-refractivity contribution in [3.63, 3.8) is 0 Å². The predicted octanol–water partition coefficient (Wildman–Crippen LogP) is 4.71. The van der Waals surface area contributed by atoms with Gasteiger partial charge in [-0.25, -0.2) is 0 Å². The van der Waals surface area contributed by atoms with E-state index >= 15 is 0 Å². The molecule has 0 aromatic heterocycles. The normalized spacial score (nSPS) is 11.7. The number of thiol groups is 1. The summed E-state index contributed by atoms with van der Waals surface area (Å²) in [5, 5.41) is 8.36. The second kappa shape index (κ2) is 5.45. The molecule has 0 atom stereocenters. The summed E-state index contributed by atoms with van der Waals surface area (Å²) >= 11 is 4.30. The Morgan fingerprint density at radius 3 is 2.06 bits per heavy atom. The Balaban J connectivity index is 0.000000574. The molecule has 0 nitrogen and oxygen atoms in total. The molecule has 0 aliphatic carbocycles. The van der Waals surface area contributed by atoms with E-state index in [1.807, 2.05) is 19.3 Å². The molecule has 0 bridgehead atoms. The van der Waals surface area contributed by atoms with Crippen LogP contribution in [-0.4, -0.2) is 0 Å². The Kier molecular flexibility index (Phi) is 3.93. The lowest BCUT2D eigenvalue weighted by molar-refractivity contribution is 1.50. The number of aryl methyl sites for hydroxylation is 1. The van der Waals surface area contributed by atoms with Gasteiger partial charge in [-0.05, 0) is 44.7 Å². The molecule has 0 unspecified atom stereocenters. The average Bonchev–Trinajstić information content (AvgIpc) is 2.45. The van der Waals surface area contributed by atoms with Crippen LogP contribution < -0.4 is 5.22 Å². The van der Waals surface area contributed by atoms with Crippen LogP contribution >= 0.6 is 12.6 Å². The molecule has 3 rings (SSSR count). The summed E-state index contributed by atoms with van der Waals surface area (Å²) in [6.45, 7) is 6.15. The molecule has 0 aliphatic rings. The van der Waals surface area contributed by atoms with Crippen LogP contribution in [0.2, 0.25) is 0 Å². The highest BCUT2D eigenvalue weighted by Crippen LogP contribution is 2.26. The number of rotatable bonds is 0. The van der Waals surface area contributed by atoms with Crippen molar-refractivity contribution in [1.29, 1.82) is 0 Å². The maximum absolute atomic E-state index is 4.30. The van der Waals surface area contributed by atoms with E-state index in [1.54, 1.807) is 0 Å². The summed E-state index contributed by atoms with van der Waals surface area (Å²) in [5.74, 6) is 0. The molecule has 92 valence electrons. The first-order valence-corrected chi connectivity index (χ1v) is 6.88. The minimum absolute atomic E-state index is 1.20. The Morgan fingerprint density at radius 1 is 0.833 bits per heavy atom. The number of hydrogen-bond donors (Lipinski definition) is 1. The topological polar surface area (TPSA) is 0 Å². The third-order valence-corrected chi connectivity index (χ3v) is 3.43. The van der Waals surface area contributed by atoms with Crippen molar-refractivity contribution in [2.75, 3.05) is 0 Å². The summed E-state index contributed by atoms with van der Waals surface area (Å²) < 4.78 is 0. The number of benzene rings is 3. The fourth-order valence-corrected chi connectivity index (χ4v) is 2.61. The van der Waals surface area contributed by atoms with Crippen LogP contribution in [0, 0.1) is 6.92 Å². The van der Waals surface area contributed by atoms with Crippen molar-refractivity contribution in [2.24, 2.45) is 0 Å². The van der Waals surface area contributed by atoms with Gasteiger partial charge in [-0.3, -0.25) is 0 Å². The van der Waals surface area contributed by atoms with Gasteiger partial charge in [0.15, 0.2) is 0 Å². The molecule has 3 aromatic carbocycles. The van der Waals surface area contributed by atoms with Gasteiger partial charge in [0.05, 0.1) is 0 Å². The smallest absolute Gasteiger partial charge is 0.00300 e. The third kappa shape index (κ3) is 1.99. The molecule has 0 heterocycles. The van der Waals surface area contributed by atoms with Gasteiger partial charge in [-0.2, -0.15) is 12.6 Å². The summed E-state index contributed by atoms with van der Waals surface area (Å²) in [4.78, 5) is 0. The monoisotopic (exact) mass is 254 g/mol. The maximum atomic E-state index is 4.30. The van der Waals surface area contributed by atoms with Crippen molar-refractivity contribution in [1.82, 2.24) is 0 Å². The molecule has 1 heteroatoms. The maximum Gasteiger partial charge on any atom is -0.00300 e. The molecule has 0 fully saturated rings. The van der Waals surface area contributed by atoms with Gasteiger partial charge in [0.2, 0.25) is 0 Å². The van der Waals surface area contributed by atoms with Crippen LogP contribution in [0.3, 0.4) is 0 Å². The molecule has 0 saturated carbocycles. The van der Waals surface area contributed by atoms with Gasteiger partial charge in [-0.1, -0.05) is 56.3 Å². The number of hydrogen-bond acceptors (Lipinski definition) is 1. The fraction of sp³-hybridized carbons (Fsp3) is 0.176. The zero-order valence-electron chi connectivity index (χ0n) is 11.1. The summed E-state index contributed by atoms with van der Waals surface area (Å²) in [5.41, 5.74) is 1.31. The van der Waals surface area contributed by atoms with Crippen molar-refractivity contribution < 1.29 is 0 Å². The van der Waals surface area contributed by atoms with E-state index < -0.39 is 0 Å². The van der Waals surface area contributed by atoms with E-state index in [0.29, 0.717) is 0 Å². The van der Waals surface area contributed by atoms with Crippen LogP contribution in [0.15, 0.2) is 42.5 Å². The second-order valence-electron chi connectivity index (χ2n) is 4.12. The van der Waals surface area contributed by atoms with Crippen LogP contribution in [0.25, 0.3) is 27.0 Å². The van der Waals surface area contributed by atoms with Crippen LogP contribution in [0.5, 0.6) is 0 Å². The Bertz CT molecular complexity index is 710. The zero-order chi connectivity index (χ0) is 13.1. The van der Waals surface area contributed by atoms with E-state index in [2.05, 4.69) is 62.0 Å². The standard InChI is InChI=1S/C15H12S.C2H6/c1-10-5-6-11-3-2-4-12-7-8-13(9-16)14(10)15(11)12;1-2/h2-9,16H,1H3;1-2H3/b13-9-;. The molecular formula is C17H18S. The minimum atomic E-state index is 1.20. The van der Waals surface area contributed by atoms with E-state index in [-0.39, 0.29) is 0 Å². The highest BCUT2D eigenvalue weighted by Gasteiger charge is 2.04. The third-order valence-electron chi connectivity index (χ3n) is 3.16. The lowest BCUT2D eigenvalue weighted by Crippen LogP contribution is -2.02. The molecule has 0 amide bonds. The first-order chi connectivity index (χ1) is 8.81. The van der Waals surface area contributed by atoms with E-state index in [1.165, 1.54) is 32.3 Å². The second-order valence-corrected chi connectivity index (χ2v) is 4.38. The molecule has 3 aromatic rings. The van der Waals surface area contributed by atoms with Crippen molar-refractivity contribution >= 4 is 39.6 Å². The molecule has 18 heavy (non-hydrogen) atoms. The fourth-order valence-electron chi connectivity index (χ4n) is 2.39. The van der Waals surface area contributed by atoms with Gasteiger partial charge < -0.3 is 0 Å². The van der Waals surface area contributed by atoms with Crippen LogP contribution in [0.4, 0.5) is 0 Å². The molecule has 0 saturated heterocycles. The summed E-state index contributed by atoms with van der Waals surface area (Å²) in [7, 11) is 0. The Labute approximate surface area is 114 Å². The molecular weight excluding hydrogens is 236 g/mol. The van der Waals surface area contributed by atoms with Gasteiger partial charge >= 0.3 is 0 Å². The van der Waals surface area contributed by atoms with Crippen LogP contribution in [-0.2, 0) is 0 Å². The molecule has 0 aliphatic heterocycles. The van der Waals surface area contributed by atoms with Crippen LogP contribution in [0.1, 0.15) is 19.4 Å². The summed E-state index contributed by atoms with van der Waals surface area (Å²) in [6, 6.07) is 15.1. The largest absolute Gasteiger partial charge is 0.151 e. The summed E-state index contributed by atoms with van der Waals surface area (Å²) in [6.07, 6.45) is 0. The van der Waals surface area contributed by atoms with E-state index in [9.17, 15) is 0 Å². The van der Waals surface area contributed by atoms with Gasteiger partial charge in [0.1, 0.15) is 0 Å². The van der Waals surface area contributed by atoms with Gasteiger partial charge in [0, 0.05) is 0 Å². The van der Waals surface area contributed by atoms with Crippen molar-refractivity contribution in [3.05, 3.63) is 53.2 Å². The minimum Gasteiger partial charge on any atom is -0.151 e. The SMILES string of the molecule is CC.Cc1ccc2cccc3cc/c(=C/S)c1c23. The highest BCUT2D eigenvalue weighted by atomic mass is 32.1. The van der Waals surface area contributed by atoms with Gasteiger partial charge in [-0.15, -0.1) is 0 Å². The van der Waals surface area contributed by atoms with Gasteiger partial charge in [0.25, 0.3) is 0 Å². The first-order valence-electron chi connectivity index (χ1n) is 6.36. The molecule has 0 radical (unpaired) electrons. The van der Waals surface area contributed by atoms with E-state index in [0.717, 1.165) is 0 Å². The first kappa shape index (κ1) is 13.0. The lowest BCUT2D eigenvalue weighted by atomic mass is 9.96. The van der Waals surface area contributed by atoms with E-state index in [4.69, 9.17) is 0 Å². The molecule has 0 spiro atoms.